The summed E-state index contributed by atoms with van der Waals surface area (Å²) in [5, 5.41) is 4.18. The Balaban J connectivity index is 1.58. The van der Waals surface area contributed by atoms with Crippen molar-refractivity contribution in [3.8, 4) is 5.75 Å². The van der Waals surface area contributed by atoms with Gasteiger partial charge in [0.15, 0.2) is 11.3 Å². The number of para-hydroxylation sites is 2. The summed E-state index contributed by atoms with van der Waals surface area (Å²) in [5.41, 5.74) is 4.76. The number of Topliss-reactive ketones (excluding diaryl/α,β-unsaturated/α-hetero) is 1. The number of carbonyl (C=O) groups is 1. The van der Waals surface area contributed by atoms with E-state index in [1.54, 1.807) is 31.4 Å². The van der Waals surface area contributed by atoms with Crippen LogP contribution in [0, 0.1) is 6.92 Å². The minimum absolute atomic E-state index is 0.0622. The van der Waals surface area contributed by atoms with Crippen LogP contribution in [0.1, 0.15) is 21.5 Å². The summed E-state index contributed by atoms with van der Waals surface area (Å²) < 4.78 is 5.58. The van der Waals surface area contributed by atoms with Crippen molar-refractivity contribution in [1.29, 1.82) is 0 Å². The van der Waals surface area contributed by atoms with E-state index in [-0.39, 0.29) is 11.3 Å². The van der Waals surface area contributed by atoms with Crippen LogP contribution in [-0.4, -0.2) is 24.1 Å². The third-order valence-corrected chi connectivity index (χ3v) is 6.41. The number of ether oxygens (including phenoxy) is 1. The van der Waals surface area contributed by atoms with Crippen LogP contribution in [0.3, 0.4) is 0 Å². The van der Waals surface area contributed by atoms with Gasteiger partial charge >= 0.3 is 0 Å². The number of hydrogen-bond acceptors (Lipinski definition) is 5. The Morgan fingerprint density at radius 2 is 1.77 bits per heavy atom. The molecule has 158 valence electrons. The van der Waals surface area contributed by atoms with Crippen molar-refractivity contribution in [1.82, 2.24) is 5.32 Å². The molecule has 0 aromatic heterocycles. The van der Waals surface area contributed by atoms with Gasteiger partial charge in [-0.1, -0.05) is 53.6 Å². The van der Waals surface area contributed by atoms with E-state index in [1.165, 1.54) is 17.3 Å². The lowest BCUT2D eigenvalue weighted by atomic mass is 10.1. The number of anilines is 1. The second-order valence-corrected chi connectivity index (χ2v) is 8.73. The number of nitrogens with zero attached hydrogens (tertiary/aromatic N) is 1. The minimum Gasteiger partial charge on any atom is -0.495 e. The number of halogens is 1. The maximum absolute atomic E-state index is 12.7. The van der Waals surface area contributed by atoms with Crippen molar-refractivity contribution in [2.45, 2.75) is 12.4 Å². The van der Waals surface area contributed by atoms with Crippen LogP contribution in [0.5, 0.6) is 5.75 Å². The average molecular weight is 451 g/mol. The minimum atomic E-state index is -0.149. The predicted molar refractivity (Wildman–Crippen MR) is 130 cm³/mol. The van der Waals surface area contributed by atoms with Crippen LogP contribution in [0.25, 0.3) is 5.70 Å². The summed E-state index contributed by atoms with van der Waals surface area (Å²) in [4.78, 5) is 14.8. The Bertz CT molecular complexity index is 1100. The van der Waals surface area contributed by atoms with Crippen LogP contribution >= 0.6 is 23.4 Å². The van der Waals surface area contributed by atoms with Crippen molar-refractivity contribution >= 4 is 40.5 Å². The molecule has 0 saturated heterocycles. The van der Waals surface area contributed by atoms with Crippen LogP contribution < -0.4 is 15.0 Å². The Morgan fingerprint density at radius 1 is 1.06 bits per heavy atom. The first-order valence-corrected chi connectivity index (χ1v) is 11.3. The van der Waals surface area contributed by atoms with E-state index in [4.69, 9.17) is 16.3 Å². The molecule has 0 saturated carbocycles. The molecule has 0 radical (unpaired) electrons. The molecule has 1 atom stereocenters. The smallest absolute Gasteiger partial charge is 0.172 e. The number of rotatable bonds is 7. The molecular weight excluding hydrogens is 428 g/mol. The summed E-state index contributed by atoms with van der Waals surface area (Å²) in [6, 6.07) is 23.3. The fourth-order valence-corrected chi connectivity index (χ4v) is 4.52. The first kappa shape index (κ1) is 21.3. The summed E-state index contributed by atoms with van der Waals surface area (Å²) >= 11 is 7.48. The molecule has 0 fully saturated rings. The quantitative estimate of drug-likeness (QED) is 0.449. The number of methoxy groups -OCH3 is 1. The molecule has 1 aliphatic rings. The van der Waals surface area contributed by atoms with Crippen molar-refractivity contribution < 1.29 is 9.53 Å². The van der Waals surface area contributed by atoms with E-state index < -0.39 is 0 Å². The lowest BCUT2D eigenvalue weighted by molar-refractivity contribution is 0.102. The number of nitrogens with one attached hydrogen (secondary N) is 1. The molecule has 0 spiro atoms. The van der Waals surface area contributed by atoms with E-state index in [9.17, 15) is 4.79 Å². The second-order valence-electron chi connectivity index (χ2n) is 7.23. The van der Waals surface area contributed by atoms with Gasteiger partial charge in [-0.15, -0.1) is 11.8 Å². The standard InChI is InChI=1S/C25H23ClN2O2S/c1-17-7-9-18(10-8-17)21-15-28(22-5-3-4-6-24(22)30-2)25(27-21)31-16-23(29)19-11-13-20(26)14-12-19/h3-15,25,27H,16H2,1-2H3. The molecule has 0 bridgehead atoms. The van der Waals surface area contributed by atoms with Gasteiger partial charge in [-0.2, -0.15) is 0 Å². The Labute approximate surface area is 191 Å². The summed E-state index contributed by atoms with van der Waals surface area (Å²) in [6.45, 7) is 2.07. The highest BCUT2D eigenvalue weighted by Crippen LogP contribution is 2.36. The monoisotopic (exact) mass is 450 g/mol. The van der Waals surface area contributed by atoms with Gasteiger partial charge in [0.05, 0.1) is 24.2 Å². The third kappa shape index (κ3) is 4.89. The largest absolute Gasteiger partial charge is 0.495 e. The Kier molecular flexibility index (Phi) is 6.54. The fraction of sp³-hybridized carbons (Fsp3) is 0.160. The maximum atomic E-state index is 12.7. The van der Waals surface area contributed by atoms with Gasteiger partial charge < -0.3 is 15.0 Å². The molecular formula is C25H23ClN2O2S. The van der Waals surface area contributed by atoms with Gasteiger partial charge in [-0.3, -0.25) is 4.79 Å². The molecule has 4 rings (SSSR count). The molecule has 4 nitrogen and oxygen atoms in total. The van der Waals surface area contributed by atoms with Crippen LogP contribution in [0.4, 0.5) is 5.69 Å². The first-order valence-electron chi connectivity index (χ1n) is 9.92. The van der Waals surface area contributed by atoms with Crippen LogP contribution in [-0.2, 0) is 0 Å². The molecule has 3 aromatic rings. The maximum Gasteiger partial charge on any atom is 0.172 e. The zero-order chi connectivity index (χ0) is 21.8. The number of carbonyl (C=O) groups excluding carboxylic acids is 1. The molecule has 6 heteroatoms. The molecule has 1 unspecified atom stereocenters. The topological polar surface area (TPSA) is 41.6 Å². The van der Waals surface area contributed by atoms with Gasteiger partial charge in [-0.25, -0.2) is 0 Å². The number of benzene rings is 3. The molecule has 1 heterocycles. The van der Waals surface area contributed by atoms with E-state index in [1.807, 2.05) is 24.3 Å². The Morgan fingerprint density at radius 3 is 2.48 bits per heavy atom. The van der Waals surface area contributed by atoms with Crippen molar-refractivity contribution in [3.63, 3.8) is 0 Å². The summed E-state index contributed by atoms with van der Waals surface area (Å²) in [6.07, 6.45) is 2.08. The zero-order valence-corrected chi connectivity index (χ0v) is 18.9. The first-order chi connectivity index (χ1) is 15.0. The van der Waals surface area contributed by atoms with E-state index in [2.05, 4.69) is 47.6 Å². The highest BCUT2D eigenvalue weighted by atomic mass is 35.5. The number of ketones is 1. The van der Waals surface area contributed by atoms with Gasteiger partial charge in [-0.05, 0) is 48.9 Å². The van der Waals surface area contributed by atoms with Gasteiger partial charge in [0.2, 0.25) is 0 Å². The third-order valence-electron chi connectivity index (χ3n) is 5.06. The van der Waals surface area contributed by atoms with E-state index in [0.717, 1.165) is 22.7 Å². The fourth-order valence-electron chi connectivity index (χ4n) is 3.37. The zero-order valence-electron chi connectivity index (χ0n) is 17.3. The molecule has 0 aliphatic carbocycles. The average Bonchev–Trinajstić information content (AvgIpc) is 3.22. The summed E-state index contributed by atoms with van der Waals surface area (Å²) in [7, 11) is 1.67. The van der Waals surface area contributed by atoms with Crippen LogP contribution in [0.2, 0.25) is 5.02 Å². The van der Waals surface area contributed by atoms with E-state index in [0.29, 0.717) is 16.3 Å². The van der Waals surface area contributed by atoms with Gasteiger partial charge in [0, 0.05) is 16.8 Å². The highest BCUT2D eigenvalue weighted by molar-refractivity contribution is 8.00. The molecule has 0 amide bonds. The van der Waals surface area contributed by atoms with Crippen LogP contribution in [0.15, 0.2) is 79.0 Å². The molecule has 3 aromatic carbocycles. The number of hydrogen-bond donors (Lipinski definition) is 1. The second kappa shape index (κ2) is 9.50. The number of aryl methyl sites for hydroxylation is 1. The molecule has 1 N–H and O–H groups in total. The highest BCUT2D eigenvalue weighted by Gasteiger charge is 2.28. The van der Waals surface area contributed by atoms with E-state index >= 15 is 0 Å². The van der Waals surface area contributed by atoms with Crippen molar-refractivity contribution in [2.24, 2.45) is 0 Å². The molecule has 31 heavy (non-hydrogen) atoms. The SMILES string of the molecule is COc1ccccc1N1C=C(c2ccc(C)cc2)NC1SCC(=O)c1ccc(Cl)cc1. The lowest BCUT2D eigenvalue weighted by Crippen LogP contribution is -2.34. The van der Waals surface area contributed by atoms with Crippen molar-refractivity contribution in [2.75, 3.05) is 17.8 Å². The summed E-state index contributed by atoms with van der Waals surface area (Å²) in [5.74, 6) is 1.17. The normalized spacial score (nSPS) is 15.4. The predicted octanol–water partition coefficient (Wildman–Crippen LogP) is 5.96. The number of thioether (sulfide) groups is 1. The Hall–Kier alpha value is -2.89. The van der Waals surface area contributed by atoms with Gasteiger partial charge in [0.25, 0.3) is 0 Å². The van der Waals surface area contributed by atoms with Crippen molar-refractivity contribution in [3.05, 3.63) is 101 Å². The lowest BCUT2D eigenvalue weighted by Gasteiger charge is -2.26. The molecule has 1 aliphatic heterocycles. The van der Waals surface area contributed by atoms with Gasteiger partial charge in [0.1, 0.15) is 5.75 Å².